The van der Waals surface area contributed by atoms with E-state index in [1.165, 1.54) is 37.8 Å². The molecule has 26 heavy (non-hydrogen) atoms. The highest BCUT2D eigenvalue weighted by Crippen LogP contribution is 2.47. The molecule has 5 rings (SSSR count). The van der Waals surface area contributed by atoms with Gasteiger partial charge in [0.1, 0.15) is 4.90 Å². The van der Waals surface area contributed by atoms with Gasteiger partial charge in [0.2, 0.25) is 0 Å². The summed E-state index contributed by atoms with van der Waals surface area (Å²) >= 11 is 0. The molecule has 0 N–H and O–H groups in total. The number of amides is 2. The molecular weight excluding hydrogens is 352 g/mol. The predicted octanol–water partition coefficient (Wildman–Crippen LogP) is 2.25. The number of rotatable bonds is 5. The first-order valence-corrected chi connectivity index (χ1v) is 10.8. The minimum atomic E-state index is -3.83. The topological polar surface area (TPSA) is 74.8 Å². The minimum absolute atomic E-state index is 0.0111. The average Bonchev–Trinajstić information content (AvgIpc) is 3.45. The van der Waals surface area contributed by atoms with Crippen molar-refractivity contribution in [1.29, 1.82) is 0 Å². The summed E-state index contributed by atoms with van der Waals surface area (Å²) in [4.78, 5) is 27.3. The molecule has 3 saturated carbocycles. The molecule has 1 aliphatic heterocycles. The minimum Gasteiger partial charge on any atom is -0.338 e. The van der Waals surface area contributed by atoms with Gasteiger partial charge in [-0.3, -0.25) is 9.59 Å². The van der Waals surface area contributed by atoms with Gasteiger partial charge >= 0.3 is 0 Å². The van der Waals surface area contributed by atoms with Crippen molar-refractivity contribution >= 4 is 21.8 Å². The van der Waals surface area contributed by atoms with Crippen molar-refractivity contribution in [2.75, 3.05) is 7.05 Å². The standard InChI is InChI=1S/C19H22N2O4S/c1-20(17(11-2-3-11)12-4-5-12)18(22)13-6-9-15-16(10-13)26(24,25)21(19(15)23)14-7-8-14/h6,9-12,14,17H,2-5,7-8H2,1H3. The Balaban J connectivity index is 1.47. The fourth-order valence-electron chi connectivity index (χ4n) is 4.28. The third kappa shape index (κ3) is 2.40. The Hall–Kier alpha value is -1.89. The zero-order valence-electron chi connectivity index (χ0n) is 14.7. The van der Waals surface area contributed by atoms with Gasteiger partial charge in [-0.1, -0.05) is 0 Å². The third-order valence-electron chi connectivity index (χ3n) is 6.05. The van der Waals surface area contributed by atoms with E-state index in [2.05, 4.69) is 0 Å². The molecule has 2 amide bonds. The Labute approximate surface area is 153 Å². The molecule has 1 aromatic carbocycles. The summed E-state index contributed by atoms with van der Waals surface area (Å²) in [6.07, 6.45) is 6.12. The van der Waals surface area contributed by atoms with Crippen LogP contribution < -0.4 is 0 Å². The maximum atomic E-state index is 13.0. The van der Waals surface area contributed by atoms with Gasteiger partial charge < -0.3 is 4.90 Å². The summed E-state index contributed by atoms with van der Waals surface area (Å²) in [6, 6.07) is 4.55. The SMILES string of the molecule is CN(C(=O)c1ccc2c(c1)S(=O)(=O)N(C1CC1)C2=O)C(C1CC1)C1CC1. The van der Waals surface area contributed by atoms with Gasteiger partial charge in [-0.25, -0.2) is 12.7 Å². The molecule has 6 nitrogen and oxygen atoms in total. The van der Waals surface area contributed by atoms with Crippen LogP contribution in [0.3, 0.4) is 0 Å². The maximum absolute atomic E-state index is 13.0. The molecule has 0 radical (unpaired) electrons. The second-order valence-electron chi connectivity index (χ2n) is 8.13. The number of sulfonamides is 1. The van der Waals surface area contributed by atoms with Gasteiger partial charge in [-0.2, -0.15) is 0 Å². The smallest absolute Gasteiger partial charge is 0.269 e. The van der Waals surface area contributed by atoms with Crippen LogP contribution >= 0.6 is 0 Å². The highest BCUT2D eigenvalue weighted by atomic mass is 32.2. The van der Waals surface area contributed by atoms with Crippen molar-refractivity contribution in [3.8, 4) is 0 Å². The van der Waals surface area contributed by atoms with Crippen LogP contribution in [0.5, 0.6) is 0 Å². The lowest BCUT2D eigenvalue weighted by molar-refractivity contribution is 0.0689. The van der Waals surface area contributed by atoms with Gasteiger partial charge in [-0.05, 0) is 68.6 Å². The Morgan fingerprint density at radius 1 is 1.12 bits per heavy atom. The molecule has 138 valence electrons. The van der Waals surface area contributed by atoms with E-state index in [-0.39, 0.29) is 28.4 Å². The van der Waals surface area contributed by atoms with Crippen LogP contribution in [0.25, 0.3) is 0 Å². The number of carbonyl (C=O) groups is 2. The Bertz CT molecular complexity index is 901. The molecule has 3 fully saturated rings. The Morgan fingerprint density at radius 2 is 1.73 bits per heavy atom. The average molecular weight is 374 g/mol. The highest BCUT2D eigenvalue weighted by molar-refractivity contribution is 7.90. The quantitative estimate of drug-likeness (QED) is 0.792. The van der Waals surface area contributed by atoms with Crippen LogP contribution in [-0.2, 0) is 10.0 Å². The second-order valence-corrected chi connectivity index (χ2v) is 9.91. The van der Waals surface area contributed by atoms with E-state index in [9.17, 15) is 18.0 Å². The molecule has 1 aromatic rings. The molecule has 0 bridgehead atoms. The van der Waals surface area contributed by atoms with Crippen LogP contribution in [-0.4, -0.2) is 48.6 Å². The molecule has 3 aliphatic carbocycles. The lowest BCUT2D eigenvalue weighted by atomic mass is 10.0. The fourth-order valence-corrected chi connectivity index (χ4v) is 6.12. The fraction of sp³-hybridized carbons (Fsp3) is 0.579. The number of benzene rings is 1. The first-order chi connectivity index (χ1) is 12.4. The summed E-state index contributed by atoms with van der Waals surface area (Å²) in [7, 11) is -2.00. The molecule has 0 atom stereocenters. The largest absolute Gasteiger partial charge is 0.338 e. The van der Waals surface area contributed by atoms with Gasteiger partial charge in [0, 0.05) is 24.7 Å². The van der Waals surface area contributed by atoms with Crippen molar-refractivity contribution in [2.24, 2.45) is 11.8 Å². The Kier molecular flexibility index (Phi) is 3.33. The highest BCUT2D eigenvalue weighted by Gasteiger charge is 2.49. The van der Waals surface area contributed by atoms with Gasteiger partial charge in [0.05, 0.1) is 5.56 Å². The van der Waals surface area contributed by atoms with Crippen molar-refractivity contribution in [2.45, 2.75) is 55.5 Å². The lowest BCUT2D eigenvalue weighted by Crippen LogP contribution is -2.40. The molecular formula is C19H22N2O4S. The summed E-state index contributed by atoms with van der Waals surface area (Å²) < 4.78 is 26.5. The van der Waals surface area contributed by atoms with Crippen LogP contribution in [0, 0.1) is 11.8 Å². The van der Waals surface area contributed by atoms with E-state index < -0.39 is 15.9 Å². The van der Waals surface area contributed by atoms with Crippen molar-refractivity contribution in [1.82, 2.24) is 9.21 Å². The van der Waals surface area contributed by atoms with E-state index in [0.29, 0.717) is 17.4 Å². The van der Waals surface area contributed by atoms with E-state index in [1.54, 1.807) is 11.0 Å². The second kappa shape index (κ2) is 5.31. The van der Waals surface area contributed by atoms with Crippen LogP contribution in [0.15, 0.2) is 23.1 Å². The van der Waals surface area contributed by atoms with Gasteiger partial charge in [0.25, 0.3) is 21.8 Å². The van der Waals surface area contributed by atoms with Crippen molar-refractivity contribution in [3.05, 3.63) is 29.3 Å². The van der Waals surface area contributed by atoms with E-state index in [1.807, 2.05) is 7.05 Å². The summed E-state index contributed by atoms with van der Waals surface area (Å²) in [6.45, 7) is 0. The van der Waals surface area contributed by atoms with Crippen LogP contribution in [0.2, 0.25) is 0 Å². The van der Waals surface area contributed by atoms with Gasteiger partial charge in [-0.15, -0.1) is 0 Å². The van der Waals surface area contributed by atoms with Crippen LogP contribution in [0.4, 0.5) is 0 Å². The first-order valence-electron chi connectivity index (χ1n) is 9.39. The number of hydrogen-bond acceptors (Lipinski definition) is 4. The predicted molar refractivity (Wildman–Crippen MR) is 94.1 cm³/mol. The number of carbonyl (C=O) groups excluding carboxylic acids is 2. The zero-order chi connectivity index (χ0) is 18.2. The first kappa shape index (κ1) is 16.3. The summed E-state index contributed by atoms with van der Waals surface area (Å²) in [5, 5.41) is 0. The summed E-state index contributed by atoms with van der Waals surface area (Å²) in [5.41, 5.74) is 0.545. The maximum Gasteiger partial charge on any atom is 0.269 e. The molecule has 0 aromatic heterocycles. The molecule has 0 unspecified atom stereocenters. The number of fused-ring (bicyclic) bond motifs is 1. The van der Waals surface area contributed by atoms with E-state index >= 15 is 0 Å². The molecule has 1 heterocycles. The van der Waals surface area contributed by atoms with Crippen LogP contribution in [0.1, 0.15) is 59.2 Å². The summed E-state index contributed by atoms with van der Waals surface area (Å²) in [5.74, 6) is 0.566. The Morgan fingerprint density at radius 3 is 2.27 bits per heavy atom. The number of nitrogens with zero attached hydrogens (tertiary/aromatic N) is 2. The van der Waals surface area contributed by atoms with E-state index in [0.717, 1.165) is 17.1 Å². The molecule has 0 spiro atoms. The number of hydrogen-bond donors (Lipinski definition) is 0. The molecule has 7 heteroatoms. The third-order valence-corrected chi connectivity index (χ3v) is 7.93. The lowest BCUT2D eigenvalue weighted by Gasteiger charge is -2.28. The van der Waals surface area contributed by atoms with Gasteiger partial charge in [0.15, 0.2) is 0 Å². The van der Waals surface area contributed by atoms with Crippen molar-refractivity contribution in [3.63, 3.8) is 0 Å². The monoisotopic (exact) mass is 374 g/mol. The van der Waals surface area contributed by atoms with E-state index in [4.69, 9.17) is 0 Å². The molecule has 0 saturated heterocycles. The zero-order valence-corrected chi connectivity index (χ0v) is 15.5. The van der Waals surface area contributed by atoms with Crippen molar-refractivity contribution < 1.29 is 18.0 Å². The normalized spacial score (nSPS) is 24.1. The molecule has 4 aliphatic rings.